The van der Waals surface area contributed by atoms with Crippen LogP contribution < -0.4 is 0 Å². The Hall–Kier alpha value is -1.93. The Morgan fingerprint density at radius 2 is 1.67 bits per heavy atom. The van der Waals surface area contributed by atoms with Crippen LogP contribution in [0.4, 0.5) is 0 Å². The number of ether oxygens (including phenoxy) is 1. The Kier molecular flexibility index (Phi) is 7.00. The summed E-state index contributed by atoms with van der Waals surface area (Å²) in [6, 6.07) is 10.3. The van der Waals surface area contributed by atoms with Gasteiger partial charge in [-0.05, 0) is 36.8 Å². The summed E-state index contributed by atoms with van der Waals surface area (Å²) in [6.07, 6.45) is 0. The first-order valence-electron chi connectivity index (χ1n) is 7.78. The molecule has 0 unspecified atom stereocenters. The molecule has 0 atom stereocenters. The number of esters is 1. The summed E-state index contributed by atoms with van der Waals surface area (Å²) in [5, 5.41) is 0.715. The van der Waals surface area contributed by atoms with Crippen molar-refractivity contribution in [1.29, 1.82) is 0 Å². The predicted octanol–water partition coefficient (Wildman–Crippen LogP) is 3.56. The van der Waals surface area contributed by atoms with Crippen molar-refractivity contribution >= 4 is 45.0 Å². The zero-order valence-electron chi connectivity index (χ0n) is 14.6. The lowest BCUT2D eigenvalue weighted by molar-refractivity contribution is -0.144. The fourth-order valence-corrected chi connectivity index (χ4v) is 3.58. The van der Waals surface area contributed by atoms with Crippen LogP contribution in [0.3, 0.4) is 0 Å². The minimum Gasteiger partial charge on any atom is -0.460 e. The van der Waals surface area contributed by atoms with Crippen molar-refractivity contribution in [2.24, 2.45) is 0 Å². The molecular weight excluding hydrogens is 413 g/mol. The van der Waals surface area contributed by atoms with Gasteiger partial charge in [-0.1, -0.05) is 41.4 Å². The number of ketones is 1. The third-order valence-electron chi connectivity index (χ3n) is 3.70. The SMILES string of the molecule is CC(=O)c1ccc(S(=O)(=O)N(C)CC(=O)OCc2ccc(Cl)c(Cl)c2)cc1. The second-order valence-electron chi connectivity index (χ2n) is 5.75. The molecule has 2 rings (SSSR count). The molecule has 9 heteroatoms. The molecule has 0 aliphatic heterocycles. The van der Waals surface area contributed by atoms with Gasteiger partial charge in [-0.2, -0.15) is 4.31 Å². The molecule has 27 heavy (non-hydrogen) atoms. The van der Waals surface area contributed by atoms with Crippen molar-refractivity contribution in [3.63, 3.8) is 0 Å². The number of carbonyl (C=O) groups excluding carboxylic acids is 2. The van der Waals surface area contributed by atoms with E-state index in [2.05, 4.69) is 0 Å². The van der Waals surface area contributed by atoms with E-state index in [1.807, 2.05) is 0 Å². The average Bonchev–Trinajstić information content (AvgIpc) is 2.62. The Labute approximate surface area is 167 Å². The molecule has 0 aromatic heterocycles. The zero-order chi connectivity index (χ0) is 20.2. The average molecular weight is 430 g/mol. The van der Waals surface area contributed by atoms with Crippen molar-refractivity contribution in [3.05, 3.63) is 63.6 Å². The first kappa shape index (κ1) is 21.4. The van der Waals surface area contributed by atoms with Crippen LogP contribution in [0.1, 0.15) is 22.8 Å². The molecule has 2 aromatic carbocycles. The van der Waals surface area contributed by atoms with Gasteiger partial charge in [0.1, 0.15) is 13.2 Å². The summed E-state index contributed by atoms with van der Waals surface area (Å²) < 4.78 is 31.0. The second kappa shape index (κ2) is 8.84. The van der Waals surface area contributed by atoms with Crippen LogP contribution in [-0.4, -0.2) is 38.1 Å². The van der Waals surface area contributed by atoms with E-state index in [0.29, 0.717) is 21.2 Å². The highest BCUT2D eigenvalue weighted by Gasteiger charge is 2.23. The van der Waals surface area contributed by atoms with E-state index in [-0.39, 0.29) is 17.3 Å². The highest BCUT2D eigenvalue weighted by Crippen LogP contribution is 2.23. The Morgan fingerprint density at radius 1 is 1.04 bits per heavy atom. The van der Waals surface area contributed by atoms with Gasteiger partial charge >= 0.3 is 5.97 Å². The molecule has 0 saturated carbocycles. The summed E-state index contributed by atoms with van der Waals surface area (Å²) in [7, 11) is -2.62. The van der Waals surface area contributed by atoms with Crippen LogP contribution in [-0.2, 0) is 26.2 Å². The maximum Gasteiger partial charge on any atom is 0.321 e. The van der Waals surface area contributed by atoms with Gasteiger partial charge in [0.15, 0.2) is 5.78 Å². The van der Waals surface area contributed by atoms with Gasteiger partial charge in [0, 0.05) is 12.6 Å². The third-order valence-corrected chi connectivity index (χ3v) is 6.26. The summed E-state index contributed by atoms with van der Waals surface area (Å²) in [5.41, 5.74) is 1.03. The molecule has 0 saturated heterocycles. The largest absolute Gasteiger partial charge is 0.460 e. The lowest BCUT2D eigenvalue weighted by Crippen LogP contribution is -2.33. The number of likely N-dealkylation sites (N-methyl/N-ethyl adjacent to an activating group) is 1. The molecule has 6 nitrogen and oxygen atoms in total. The van der Waals surface area contributed by atoms with E-state index in [0.717, 1.165) is 4.31 Å². The summed E-state index contributed by atoms with van der Waals surface area (Å²) in [6.45, 7) is 0.870. The summed E-state index contributed by atoms with van der Waals surface area (Å²) >= 11 is 11.7. The number of benzene rings is 2. The minimum atomic E-state index is -3.89. The molecule has 144 valence electrons. The highest BCUT2D eigenvalue weighted by atomic mass is 35.5. The van der Waals surface area contributed by atoms with Gasteiger partial charge in [0.05, 0.1) is 14.9 Å². The number of hydrogen-bond donors (Lipinski definition) is 0. The number of sulfonamides is 1. The minimum absolute atomic E-state index is 0.0210. The van der Waals surface area contributed by atoms with E-state index in [9.17, 15) is 18.0 Å². The van der Waals surface area contributed by atoms with Crippen molar-refractivity contribution in [2.45, 2.75) is 18.4 Å². The monoisotopic (exact) mass is 429 g/mol. The maximum absolute atomic E-state index is 12.5. The smallest absolute Gasteiger partial charge is 0.321 e. The van der Waals surface area contributed by atoms with Crippen LogP contribution in [0.15, 0.2) is 47.4 Å². The number of rotatable bonds is 7. The van der Waals surface area contributed by atoms with Crippen LogP contribution >= 0.6 is 23.2 Å². The van der Waals surface area contributed by atoms with Crippen LogP contribution in [0.5, 0.6) is 0 Å². The third kappa shape index (κ3) is 5.52. The molecule has 0 aliphatic carbocycles. The van der Waals surface area contributed by atoms with Crippen LogP contribution in [0.2, 0.25) is 10.0 Å². The van der Waals surface area contributed by atoms with Crippen molar-refractivity contribution in [3.8, 4) is 0 Å². The fraction of sp³-hybridized carbons (Fsp3) is 0.222. The summed E-state index contributed by atoms with van der Waals surface area (Å²) in [5.74, 6) is -0.884. The lowest BCUT2D eigenvalue weighted by atomic mass is 10.2. The number of Topliss-reactive ketones (excluding diaryl/α,β-unsaturated/α-hetero) is 1. The molecule has 0 fully saturated rings. The lowest BCUT2D eigenvalue weighted by Gasteiger charge is -2.16. The molecule has 0 bridgehead atoms. The van der Waals surface area contributed by atoms with Gasteiger partial charge < -0.3 is 4.74 Å². The maximum atomic E-state index is 12.5. The van der Waals surface area contributed by atoms with Crippen LogP contribution in [0, 0.1) is 0 Å². The molecule has 0 heterocycles. The predicted molar refractivity (Wildman–Crippen MR) is 103 cm³/mol. The Morgan fingerprint density at radius 3 is 2.22 bits per heavy atom. The zero-order valence-corrected chi connectivity index (χ0v) is 16.9. The highest BCUT2D eigenvalue weighted by molar-refractivity contribution is 7.89. The summed E-state index contributed by atoms with van der Waals surface area (Å²) in [4.78, 5) is 23.2. The van der Waals surface area contributed by atoms with E-state index in [4.69, 9.17) is 27.9 Å². The van der Waals surface area contributed by atoms with Gasteiger partial charge in [0.25, 0.3) is 0 Å². The molecule has 0 N–H and O–H groups in total. The molecule has 0 radical (unpaired) electrons. The van der Waals surface area contributed by atoms with Gasteiger partial charge in [0.2, 0.25) is 10.0 Å². The second-order valence-corrected chi connectivity index (χ2v) is 8.61. The van der Waals surface area contributed by atoms with Crippen molar-refractivity contribution < 1.29 is 22.7 Å². The first-order chi connectivity index (χ1) is 12.6. The molecular formula is C18H17Cl2NO5S. The van der Waals surface area contributed by atoms with Gasteiger partial charge in [-0.25, -0.2) is 8.42 Å². The normalized spacial score (nSPS) is 11.4. The number of nitrogens with zero attached hydrogens (tertiary/aromatic N) is 1. The van der Waals surface area contributed by atoms with Crippen molar-refractivity contribution in [2.75, 3.05) is 13.6 Å². The van der Waals surface area contributed by atoms with E-state index in [1.54, 1.807) is 18.2 Å². The molecule has 2 aromatic rings. The standard InChI is InChI=1S/C18H17Cl2NO5S/c1-12(22)14-4-6-15(7-5-14)27(24,25)21(2)10-18(23)26-11-13-3-8-16(19)17(20)9-13/h3-9H,10-11H2,1-2H3. The van der Waals surface area contributed by atoms with E-state index < -0.39 is 22.5 Å². The van der Waals surface area contributed by atoms with Gasteiger partial charge in [-0.15, -0.1) is 0 Å². The Balaban J connectivity index is 1.99. The number of halogens is 2. The molecule has 0 spiro atoms. The van der Waals surface area contributed by atoms with Crippen LogP contribution in [0.25, 0.3) is 0 Å². The fourth-order valence-electron chi connectivity index (χ4n) is 2.15. The van der Waals surface area contributed by atoms with E-state index in [1.165, 1.54) is 38.2 Å². The number of hydrogen-bond acceptors (Lipinski definition) is 5. The topological polar surface area (TPSA) is 80.8 Å². The quantitative estimate of drug-likeness (QED) is 0.496. The molecule has 0 amide bonds. The first-order valence-corrected chi connectivity index (χ1v) is 9.97. The molecule has 0 aliphatic rings. The van der Waals surface area contributed by atoms with E-state index >= 15 is 0 Å². The Bertz CT molecular complexity index is 958. The van der Waals surface area contributed by atoms with Gasteiger partial charge in [-0.3, -0.25) is 9.59 Å². The van der Waals surface area contributed by atoms with Crippen molar-refractivity contribution in [1.82, 2.24) is 4.31 Å². The number of carbonyl (C=O) groups is 2.